The summed E-state index contributed by atoms with van der Waals surface area (Å²) in [4.78, 5) is 20.6. The number of pyridine rings is 1. The number of aliphatic hydroxyl groups excluding tert-OH is 1. The molecule has 1 saturated carbocycles. The number of alkyl halides is 2. The molecule has 1 aliphatic carbocycles. The summed E-state index contributed by atoms with van der Waals surface area (Å²) >= 11 is 0. The van der Waals surface area contributed by atoms with Crippen molar-refractivity contribution in [3.63, 3.8) is 0 Å². The van der Waals surface area contributed by atoms with Crippen molar-refractivity contribution in [3.8, 4) is 11.3 Å². The van der Waals surface area contributed by atoms with Crippen LogP contribution in [0.1, 0.15) is 18.9 Å². The number of halogens is 2. The van der Waals surface area contributed by atoms with Gasteiger partial charge in [0.25, 0.3) is 11.8 Å². The molecule has 2 unspecified atom stereocenters. The van der Waals surface area contributed by atoms with Gasteiger partial charge in [-0.15, -0.1) is 0 Å². The van der Waals surface area contributed by atoms with E-state index in [0.717, 1.165) is 25.6 Å². The Bertz CT molecular complexity index is 1310. The Morgan fingerprint density at radius 3 is 2.44 bits per heavy atom. The van der Waals surface area contributed by atoms with Gasteiger partial charge >= 0.3 is 10.2 Å². The number of aromatic nitrogens is 1. The number of carbonyl (C=O) groups excluding carboxylic acids is 1. The summed E-state index contributed by atoms with van der Waals surface area (Å²) in [5.41, 5.74) is 3.12. The number of piperazine rings is 1. The van der Waals surface area contributed by atoms with Crippen molar-refractivity contribution < 1.29 is 27.1 Å². The highest BCUT2D eigenvalue weighted by atomic mass is 32.2. The number of hydrogen-bond donors (Lipinski definition) is 1. The largest absolute Gasteiger partial charge is 0.384 e. The molecule has 2 aromatic rings. The maximum Gasteiger partial charge on any atom is 0.326 e. The molecule has 2 fully saturated rings. The quantitative estimate of drug-likeness (QED) is 0.648. The van der Waals surface area contributed by atoms with Gasteiger partial charge in [-0.3, -0.25) is 13.4 Å². The predicted octanol–water partition coefficient (Wildman–Crippen LogP) is 2.24. The molecule has 0 spiro atoms. The summed E-state index contributed by atoms with van der Waals surface area (Å²) in [7, 11) is -2.50. The molecule has 5 rings (SSSR count). The van der Waals surface area contributed by atoms with Crippen LogP contribution >= 0.6 is 0 Å². The number of rotatable bonds is 5. The first-order valence-corrected chi connectivity index (χ1v) is 13.3. The highest BCUT2D eigenvalue weighted by molar-refractivity contribution is 7.94. The number of nitrogens with zero attached hydrogens (tertiary/aromatic N) is 5. The minimum absolute atomic E-state index is 0.248. The Balaban J connectivity index is 1.40. The van der Waals surface area contributed by atoms with E-state index in [4.69, 9.17) is 4.98 Å². The maximum atomic E-state index is 13.5. The zero-order valence-corrected chi connectivity index (χ0v) is 21.2. The molecule has 3 aliphatic rings. The number of aliphatic hydroxyl groups is 1. The fourth-order valence-corrected chi connectivity index (χ4v) is 6.26. The molecule has 2 aliphatic heterocycles. The maximum absolute atomic E-state index is 13.5. The van der Waals surface area contributed by atoms with Crippen LogP contribution in [0.25, 0.3) is 11.3 Å². The Kier molecular flexibility index (Phi) is 5.86. The van der Waals surface area contributed by atoms with Gasteiger partial charge in [0.05, 0.1) is 17.1 Å². The summed E-state index contributed by atoms with van der Waals surface area (Å²) in [6, 6.07) is 9.01. The number of carbonyl (C=O) groups is 1. The topological polar surface area (TPSA) is 97.3 Å². The first-order valence-electron chi connectivity index (χ1n) is 11.9. The summed E-state index contributed by atoms with van der Waals surface area (Å²) < 4.78 is 55.1. The van der Waals surface area contributed by atoms with Gasteiger partial charge in [0.15, 0.2) is 0 Å². The van der Waals surface area contributed by atoms with Crippen molar-refractivity contribution in [1.82, 2.24) is 9.88 Å². The van der Waals surface area contributed by atoms with Crippen molar-refractivity contribution in [2.24, 2.45) is 5.92 Å². The van der Waals surface area contributed by atoms with Gasteiger partial charge in [0.1, 0.15) is 11.9 Å². The molecular formula is C24H29F2N5O4S. The second kappa shape index (κ2) is 8.55. The van der Waals surface area contributed by atoms with Gasteiger partial charge in [-0.2, -0.15) is 8.42 Å². The van der Waals surface area contributed by atoms with Crippen molar-refractivity contribution in [3.05, 3.63) is 35.9 Å². The third kappa shape index (κ3) is 4.15. The summed E-state index contributed by atoms with van der Waals surface area (Å²) in [5.74, 6) is -3.33. The third-order valence-corrected chi connectivity index (χ3v) is 8.97. The van der Waals surface area contributed by atoms with Crippen molar-refractivity contribution in [2.75, 3.05) is 53.3 Å². The van der Waals surface area contributed by atoms with Crippen LogP contribution in [-0.2, 0) is 15.0 Å². The summed E-state index contributed by atoms with van der Waals surface area (Å²) in [5, 5.41) is 9.56. The van der Waals surface area contributed by atoms with Crippen LogP contribution in [0.15, 0.2) is 30.3 Å². The number of hydrogen-bond acceptors (Lipinski definition) is 6. The van der Waals surface area contributed by atoms with E-state index < -0.39 is 28.2 Å². The molecule has 0 bridgehead atoms. The van der Waals surface area contributed by atoms with Gasteiger partial charge < -0.3 is 14.9 Å². The van der Waals surface area contributed by atoms with E-state index in [2.05, 4.69) is 4.90 Å². The monoisotopic (exact) mass is 521 g/mol. The van der Waals surface area contributed by atoms with Gasteiger partial charge in [0, 0.05) is 57.7 Å². The first-order chi connectivity index (χ1) is 16.9. The predicted molar refractivity (Wildman–Crippen MR) is 133 cm³/mol. The second-order valence-corrected chi connectivity index (χ2v) is 11.6. The SMILES string of the molecule is Cc1ccc(N2CCN(C(=O)C(C)O)CC2)nc1-c1ccc2c(c1)N(C)S(=O)(=O)N2CC1CC1(F)F. The zero-order chi connectivity index (χ0) is 26.0. The standard InChI is InChI=1S/C24H29F2N5O4S/c1-15-4-7-21(29-8-10-30(11-9-29)23(33)16(2)32)27-22(15)17-5-6-19-20(12-17)28(3)36(34,35)31(19)14-18-13-24(18,25)26/h4-7,12,16,18,32H,8-11,13-14H2,1-3H3. The molecule has 194 valence electrons. The lowest BCUT2D eigenvalue weighted by atomic mass is 10.0. The van der Waals surface area contributed by atoms with Crippen LogP contribution in [0.2, 0.25) is 0 Å². The van der Waals surface area contributed by atoms with E-state index in [1.165, 1.54) is 14.0 Å². The Hall–Kier alpha value is -2.99. The van der Waals surface area contributed by atoms with Crippen LogP contribution in [-0.4, -0.2) is 81.1 Å². The number of fused-ring (bicyclic) bond motifs is 1. The second-order valence-electron chi connectivity index (χ2n) is 9.70. The van der Waals surface area contributed by atoms with E-state index in [9.17, 15) is 27.1 Å². The highest BCUT2D eigenvalue weighted by Gasteiger charge is 2.59. The minimum atomic E-state index is -3.93. The van der Waals surface area contributed by atoms with E-state index in [1.807, 2.05) is 19.1 Å². The molecule has 1 saturated heterocycles. The average Bonchev–Trinajstić information content (AvgIpc) is 3.41. The van der Waals surface area contributed by atoms with Crippen molar-refractivity contribution in [2.45, 2.75) is 32.3 Å². The molecule has 2 atom stereocenters. The van der Waals surface area contributed by atoms with Crippen molar-refractivity contribution >= 4 is 33.3 Å². The van der Waals surface area contributed by atoms with Gasteiger partial charge in [-0.25, -0.2) is 13.8 Å². The third-order valence-electron chi connectivity index (χ3n) is 7.18. The highest BCUT2D eigenvalue weighted by Crippen LogP contribution is 2.51. The number of benzene rings is 1. The molecule has 0 radical (unpaired) electrons. The molecule has 9 nitrogen and oxygen atoms in total. The molecule has 1 N–H and O–H groups in total. The lowest BCUT2D eigenvalue weighted by molar-refractivity contribution is -0.139. The van der Waals surface area contributed by atoms with Crippen LogP contribution in [0.5, 0.6) is 0 Å². The van der Waals surface area contributed by atoms with Gasteiger partial charge in [-0.1, -0.05) is 12.1 Å². The lowest BCUT2D eigenvalue weighted by Gasteiger charge is -2.36. The van der Waals surface area contributed by atoms with E-state index in [0.29, 0.717) is 43.2 Å². The molecular weight excluding hydrogens is 492 g/mol. The normalized spacial score (nSPS) is 23.0. The molecule has 1 aromatic carbocycles. The van der Waals surface area contributed by atoms with E-state index >= 15 is 0 Å². The lowest BCUT2D eigenvalue weighted by Crippen LogP contribution is -2.51. The van der Waals surface area contributed by atoms with Crippen molar-refractivity contribution in [1.29, 1.82) is 0 Å². The molecule has 36 heavy (non-hydrogen) atoms. The fraction of sp³-hybridized carbons (Fsp3) is 0.500. The van der Waals surface area contributed by atoms with E-state index in [-0.39, 0.29) is 18.9 Å². The summed E-state index contributed by atoms with van der Waals surface area (Å²) in [6.07, 6.45) is -1.33. The molecule has 1 aromatic heterocycles. The van der Waals surface area contributed by atoms with Crippen LogP contribution in [0.4, 0.5) is 26.0 Å². The zero-order valence-electron chi connectivity index (χ0n) is 20.4. The minimum Gasteiger partial charge on any atom is -0.384 e. The smallest absolute Gasteiger partial charge is 0.326 e. The Labute approximate surface area is 209 Å². The fourth-order valence-electron chi connectivity index (χ4n) is 4.80. The summed E-state index contributed by atoms with van der Waals surface area (Å²) in [6.45, 7) is 5.23. The Morgan fingerprint density at radius 1 is 1.17 bits per heavy atom. The average molecular weight is 522 g/mol. The van der Waals surface area contributed by atoms with Gasteiger partial charge in [-0.05, 0) is 37.6 Å². The van der Waals surface area contributed by atoms with Gasteiger partial charge in [0.2, 0.25) is 0 Å². The number of amides is 1. The molecule has 1 amide bonds. The Morgan fingerprint density at radius 2 is 1.83 bits per heavy atom. The molecule has 12 heteroatoms. The van der Waals surface area contributed by atoms with Crippen LogP contribution in [0, 0.1) is 12.8 Å². The van der Waals surface area contributed by atoms with Crippen LogP contribution < -0.4 is 13.5 Å². The van der Waals surface area contributed by atoms with E-state index in [1.54, 1.807) is 23.1 Å². The van der Waals surface area contributed by atoms with Crippen LogP contribution in [0.3, 0.4) is 0 Å². The first kappa shape index (κ1) is 24.7. The number of aryl methyl sites for hydroxylation is 1. The molecule has 3 heterocycles. The number of anilines is 3.